The van der Waals surface area contributed by atoms with E-state index < -0.39 is 42.2 Å². The summed E-state index contributed by atoms with van der Waals surface area (Å²) in [5, 5.41) is 17.3. The molecule has 3 unspecified atom stereocenters. The molecule has 3 rings (SSSR count). The van der Waals surface area contributed by atoms with Gasteiger partial charge in [-0.3, -0.25) is 14.4 Å². The number of nitriles is 1. The zero-order valence-corrected chi connectivity index (χ0v) is 18.2. The summed E-state index contributed by atoms with van der Waals surface area (Å²) < 4.78 is 32.8. The van der Waals surface area contributed by atoms with Crippen LogP contribution in [0.15, 0.2) is 24.3 Å². The number of methoxy groups -OCH3 is 1. The topological polar surface area (TPSA) is 136 Å². The fraction of sp³-hybridized carbons (Fsp3) is 0.455. The predicted molar refractivity (Wildman–Crippen MR) is 115 cm³/mol. The zero-order chi connectivity index (χ0) is 24.2. The molecule has 33 heavy (non-hydrogen) atoms. The molecule has 0 bridgehead atoms. The molecule has 0 saturated carbocycles. The second-order valence-electron chi connectivity index (χ2n) is 8.11. The van der Waals surface area contributed by atoms with Gasteiger partial charge in [0.2, 0.25) is 17.7 Å². The number of hydrogen-bond donors (Lipinski definition) is 4. The molecular weight excluding hydrogens is 436 g/mol. The van der Waals surface area contributed by atoms with Crippen molar-refractivity contribution in [3.05, 3.63) is 30.0 Å². The number of benzene rings is 1. The first-order valence-electron chi connectivity index (χ1n) is 10.4. The van der Waals surface area contributed by atoms with E-state index in [2.05, 4.69) is 20.9 Å². The maximum atomic E-state index is 13.8. The number of aromatic amines is 1. The summed E-state index contributed by atoms with van der Waals surface area (Å²) in [5.74, 6) is -5.10. The van der Waals surface area contributed by atoms with Crippen molar-refractivity contribution in [2.75, 3.05) is 13.7 Å². The number of hydrogen-bond acceptors (Lipinski definition) is 5. The first-order valence-corrected chi connectivity index (χ1v) is 10.4. The molecule has 1 aromatic heterocycles. The number of rotatable bonds is 9. The van der Waals surface area contributed by atoms with Gasteiger partial charge in [0.25, 0.3) is 5.91 Å². The van der Waals surface area contributed by atoms with Crippen molar-refractivity contribution in [2.24, 2.45) is 5.92 Å². The molecular formula is C22H25F2N5O4. The molecule has 1 aliphatic heterocycles. The molecule has 9 nitrogen and oxygen atoms in total. The highest BCUT2D eigenvalue weighted by Gasteiger charge is 2.35. The molecule has 3 atom stereocenters. The van der Waals surface area contributed by atoms with E-state index in [-0.39, 0.29) is 18.0 Å². The fourth-order valence-corrected chi connectivity index (χ4v) is 3.80. The van der Waals surface area contributed by atoms with Gasteiger partial charge in [-0.25, -0.2) is 8.78 Å². The van der Waals surface area contributed by atoms with Crippen LogP contribution >= 0.6 is 0 Å². The lowest BCUT2D eigenvalue weighted by molar-refractivity contribution is -0.126. The van der Waals surface area contributed by atoms with Crippen molar-refractivity contribution >= 4 is 28.6 Å². The van der Waals surface area contributed by atoms with Crippen LogP contribution in [-0.4, -0.2) is 54.4 Å². The Kier molecular flexibility index (Phi) is 7.16. The van der Waals surface area contributed by atoms with Gasteiger partial charge in [0.05, 0.1) is 13.2 Å². The zero-order valence-electron chi connectivity index (χ0n) is 18.2. The average Bonchev–Trinajstić information content (AvgIpc) is 3.37. The van der Waals surface area contributed by atoms with Crippen LogP contribution in [0.25, 0.3) is 10.9 Å². The van der Waals surface area contributed by atoms with Crippen LogP contribution in [0.4, 0.5) is 8.78 Å². The van der Waals surface area contributed by atoms with Crippen LogP contribution in [0.2, 0.25) is 0 Å². The Balaban J connectivity index is 1.74. The van der Waals surface area contributed by atoms with Crippen molar-refractivity contribution in [1.82, 2.24) is 20.9 Å². The third-order valence-electron chi connectivity index (χ3n) is 5.43. The molecule has 0 radical (unpaired) electrons. The number of nitrogens with one attached hydrogen (secondary N) is 4. The van der Waals surface area contributed by atoms with Crippen molar-refractivity contribution in [2.45, 2.75) is 44.2 Å². The highest BCUT2D eigenvalue weighted by Crippen LogP contribution is 2.26. The number of alkyl halides is 2. The summed E-state index contributed by atoms with van der Waals surface area (Å²) in [7, 11) is 1.48. The molecule has 1 fully saturated rings. The lowest BCUT2D eigenvalue weighted by Gasteiger charge is -2.23. The standard InChI is InChI=1S/C22H25F2N5O4/c1-22(23,24)10-17(21(32)27-13(11-25)8-12-6-7-26-19(12)30)29-20(31)16-9-14-15(28-16)4-3-5-18(14)33-2/h3-5,9,12-13,17,28H,6-8,10H2,1-2H3,(H,26,30)(H,27,32)(H,29,31). The minimum Gasteiger partial charge on any atom is -0.496 e. The molecule has 3 amide bonds. The lowest BCUT2D eigenvalue weighted by Crippen LogP contribution is -2.51. The largest absolute Gasteiger partial charge is 0.496 e. The Morgan fingerprint density at radius 3 is 2.73 bits per heavy atom. The Hall–Kier alpha value is -3.68. The second-order valence-corrected chi connectivity index (χ2v) is 8.11. The molecule has 1 saturated heterocycles. The van der Waals surface area contributed by atoms with E-state index in [1.165, 1.54) is 13.2 Å². The quantitative estimate of drug-likeness (QED) is 0.452. The number of aromatic nitrogens is 1. The highest BCUT2D eigenvalue weighted by molar-refractivity contribution is 6.01. The monoisotopic (exact) mass is 461 g/mol. The summed E-state index contributed by atoms with van der Waals surface area (Å²) in [5.41, 5.74) is 0.659. The minimum absolute atomic E-state index is 0.0546. The van der Waals surface area contributed by atoms with Crippen molar-refractivity contribution in [3.63, 3.8) is 0 Å². The van der Waals surface area contributed by atoms with Crippen LogP contribution < -0.4 is 20.7 Å². The Labute approximate surface area is 188 Å². The van der Waals surface area contributed by atoms with Crippen LogP contribution in [-0.2, 0) is 9.59 Å². The number of nitrogens with zero attached hydrogens (tertiary/aromatic N) is 1. The van der Waals surface area contributed by atoms with Gasteiger partial charge in [0, 0.05) is 29.8 Å². The van der Waals surface area contributed by atoms with Gasteiger partial charge in [-0.2, -0.15) is 5.26 Å². The Morgan fingerprint density at radius 2 is 2.12 bits per heavy atom. The SMILES string of the molecule is COc1cccc2[nH]c(C(=O)NC(CC(C)(F)F)C(=O)NC(C#N)CC3CCNC3=O)cc12. The summed E-state index contributed by atoms with van der Waals surface area (Å²) in [4.78, 5) is 40.1. The third kappa shape index (κ3) is 5.97. The van der Waals surface area contributed by atoms with Crippen molar-refractivity contribution in [1.29, 1.82) is 5.26 Å². The number of fused-ring (bicyclic) bond motifs is 1. The van der Waals surface area contributed by atoms with Gasteiger partial charge in [0.15, 0.2) is 0 Å². The van der Waals surface area contributed by atoms with Crippen LogP contribution in [0, 0.1) is 17.2 Å². The summed E-state index contributed by atoms with van der Waals surface area (Å²) in [6.45, 7) is 1.11. The van der Waals surface area contributed by atoms with E-state index in [9.17, 15) is 28.4 Å². The van der Waals surface area contributed by atoms with E-state index in [1.54, 1.807) is 18.2 Å². The van der Waals surface area contributed by atoms with E-state index in [4.69, 9.17) is 4.74 Å². The number of H-pyrrole nitrogens is 1. The Bertz CT molecular complexity index is 1090. The van der Waals surface area contributed by atoms with Gasteiger partial charge in [-0.1, -0.05) is 6.07 Å². The van der Waals surface area contributed by atoms with E-state index in [0.717, 1.165) is 0 Å². The van der Waals surface area contributed by atoms with Gasteiger partial charge >= 0.3 is 0 Å². The fourth-order valence-electron chi connectivity index (χ4n) is 3.80. The molecule has 176 valence electrons. The smallest absolute Gasteiger partial charge is 0.268 e. The molecule has 0 spiro atoms. The second kappa shape index (κ2) is 9.85. The van der Waals surface area contributed by atoms with Crippen LogP contribution in [0.5, 0.6) is 5.75 Å². The molecule has 2 aromatic rings. The normalized spacial score (nSPS) is 17.7. The maximum Gasteiger partial charge on any atom is 0.268 e. The van der Waals surface area contributed by atoms with E-state index >= 15 is 0 Å². The summed E-state index contributed by atoms with van der Waals surface area (Å²) >= 11 is 0. The first-order chi connectivity index (χ1) is 15.6. The molecule has 2 heterocycles. The first kappa shape index (κ1) is 24.0. The summed E-state index contributed by atoms with van der Waals surface area (Å²) in [6, 6.07) is 5.87. The number of carbonyl (C=O) groups excluding carboxylic acids is 3. The number of carbonyl (C=O) groups is 3. The predicted octanol–water partition coefficient (Wildman–Crippen LogP) is 1.85. The maximum absolute atomic E-state index is 13.8. The minimum atomic E-state index is -3.26. The van der Waals surface area contributed by atoms with Gasteiger partial charge in [-0.15, -0.1) is 0 Å². The summed E-state index contributed by atoms with van der Waals surface area (Å²) in [6.07, 6.45) is -0.390. The molecule has 4 N–H and O–H groups in total. The Morgan fingerprint density at radius 1 is 1.36 bits per heavy atom. The lowest BCUT2D eigenvalue weighted by atomic mass is 9.98. The van der Waals surface area contributed by atoms with Crippen LogP contribution in [0.1, 0.15) is 36.7 Å². The van der Waals surface area contributed by atoms with Crippen molar-refractivity contribution in [3.8, 4) is 11.8 Å². The van der Waals surface area contributed by atoms with Gasteiger partial charge < -0.3 is 25.7 Å². The van der Waals surface area contributed by atoms with E-state index in [0.29, 0.717) is 36.5 Å². The molecule has 11 heteroatoms. The van der Waals surface area contributed by atoms with E-state index in [1.807, 2.05) is 6.07 Å². The van der Waals surface area contributed by atoms with Crippen LogP contribution in [0.3, 0.4) is 0 Å². The molecule has 1 aliphatic rings. The number of ether oxygens (including phenoxy) is 1. The molecule has 1 aromatic carbocycles. The number of halogens is 2. The average molecular weight is 461 g/mol. The van der Waals surface area contributed by atoms with Gasteiger partial charge in [-0.05, 0) is 38.0 Å². The van der Waals surface area contributed by atoms with Gasteiger partial charge in [0.1, 0.15) is 23.5 Å². The molecule has 0 aliphatic carbocycles. The highest BCUT2D eigenvalue weighted by atomic mass is 19.3. The number of amides is 3. The van der Waals surface area contributed by atoms with Crippen molar-refractivity contribution < 1.29 is 27.9 Å². The third-order valence-corrected chi connectivity index (χ3v) is 5.43.